The molecule has 1 fully saturated rings. The second-order valence-electron chi connectivity index (χ2n) is 6.97. The molecular weight excluding hydrogens is 342 g/mol. The monoisotopic (exact) mass is 367 g/mol. The molecule has 7 heteroatoms. The number of carbonyl (C=O) groups is 2. The maximum Gasteiger partial charge on any atom is 0.326 e. The van der Waals surface area contributed by atoms with Crippen LogP contribution in [0.15, 0.2) is 29.2 Å². The van der Waals surface area contributed by atoms with Crippen molar-refractivity contribution >= 4 is 21.7 Å². The van der Waals surface area contributed by atoms with E-state index in [1.807, 2.05) is 13.8 Å². The maximum atomic E-state index is 12.5. The van der Waals surface area contributed by atoms with Crippen molar-refractivity contribution in [2.45, 2.75) is 62.1 Å². The number of aliphatic carboxylic acids is 1. The second kappa shape index (κ2) is 7.99. The zero-order valence-electron chi connectivity index (χ0n) is 14.6. The summed E-state index contributed by atoms with van der Waals surface area (Å²) in [6, 6.07) is 4.77. The first-order valence-electron chi connectivity index (χ1n) is 8.59. The van der Waals surface area contributed by atoms with Crippen molar-refractivity contribution in [2.75, 3.05) is 0 Å². The Morgan fingerprint density at radius 1 is 1.16 bits per heavy atom. The van der Waals surface area contributed by atoms with Gasteiger partial charge in [-0.05, 0) is 49.4 Å². The van der Waals surface area contributed by atoms with Crippen LogP contribution in [0.5, 0.6) is 0 Å². The van der Waals surface area contributed by atoms with Gasteiger partial charge in [0.2, 0.25) is 0 Å². The van der Waals surface area contributed by atoms with Crippen molar-refractivity contribution in [3.8, 4) is 0 Å². The SMILES string of the molecule is CC(C)C[C@@H](NC(=O)c1ccc(S(=O)(=O)C2CCCC2)cc1)C(=O)O. The Kier molecular flexibility index (Phi) is 6.21. The van der Waals surface area contributed by atoms with Gasteiger partial charge < -0.3 is 10.4 Å². The van der Waals surface area contributed by atoms with Gasteiger partial charge in [0.1, 0.15) is 6.04 Å². The normalized spacial score (nSPS) is 16.8. The highest BCUT2D eigenvalue weighted by Crippen LogP contribution is 2.29. The zero-order chi connectivity index (χ0) is 18.6. The zero-order valence-corrected chi connectivity index (χ0v) is 15.4. The van der Waals surface area contributed by atoms with E-state index in [1.165, 1.54) is 24.3 Å². The molecule has 138 valence electrons. The number of carboxylic acid groups (broad SMARTS) is 1. The molecule has 2 rings (SSSR count). The van der Waals surface area contributed by atoms with Crippen molar-refractivity contribution in [2.24, 2.45) is 5.92 Å². The molecule has 1 aliphatic rings. The number of carboxylic acids is 1. The van der Waals surface area contributed by atoms with Crippen LogP contribution in [0, 0.1) is 5.92 Å². The molecule has 25 heavy (non-hydrogen) atoms. The quantitative estimate of drug-likeness (QED) is 0.771. The molecule has 2 N–H and O–H groups in total. The standard InChI is InChI=1S/C18H25NO5S/c1-12(2)11-16(18(21)22)19-17(20)13-7-9-15(10-8-13)25(23,24)14-5-3-4-6-14/h7-10,12,14,16H,3-6,11H2,1-2H3,(H,19,20)(H,21,22)/t16-/m1/s1. The van der Waals surface area contributed by atoms with Gasteiger partial charge in [-0.15, -0.1) is 0 Å². The van der Waals surface area contributed by atoms with Crippen LogP contribution < -0.4 is 5.32 Å². The van der Waals surface area contributed by atoms with Crippen molar-refractivity contribution in [3.05, 3.63) is 29.8 Å². The number of rotatable bonds is 7. The summed E-state index contributed by atoms with van der Waals surface area (Å²) < 4.78 is 25.1. The molecule has 1 aliphatic carbocycles. The summed E-state index contributed by atoms with van der Waals surface area (Å²) in [6.45, 7) is 3.76. The fourth-order valence-corrected chi connectivity index (χ4v) is 4.98. The van der Waals surface area contributed by atoms with E-state index in [1.54, 1.807) is 0 Å². The molecule has 0 spiro atoms. The van der Waals surface area contributed by atoms with E-state index in [0.29, 0.717) is 19.3 Å². The lowest BCUT2D eigenvalue weighted by Gasteiger charge is -2.16. The minimum atomic E-state index is -3.36. The predicted octanol–water partition coefficient (Wildman–Crippen LogP) is 2.63. The number of sulfone groups is 1. The largest absolute Gasteiger partial charge is 0.480 e. The molecular formula is C18H25NO5S. The van der Waals surface area contributed by atoms with Crippen molar-refractivity contribution in [1.29, 1.82) is 0 Å². The Morgan fingerprint density at radius 2 is 1.72 bits per heavy atom. The minimum absolute atomic E-state index is 0.125. The summed E-state index contributed by atoms with van der Waals surface area (Å²) in [5.41, 5.74) is 0.250. The number of hydrogen-bond acceptors (Lipinski definition) is 4. The lowest BCUT2D eigenvalue weighted by atomic mass is 10.0. The van der Waals surface area contributed by atoms with Gasteiger partial charge >= 0.3 is 5.97 Å². The lowest BCUT2D eigenvalue weighted by molar-refractivity contribution is -0.139. The smallest absolute Gasteiger partial charge is 0.326 e. The molecule has 0 aromatic heterocycles. The molecule has 1 atom stereocenters. The van der Waals surface area contributed by atoms with E-state index in [4.69, 9.17) is 0 Å². The van der Waals surface area contributed by atoms with Crippen LogP contribution >= 0.6 is 0 Å². The second-order valence-corrected chi connectivity index (χ2v) is 9.20. The molecule has 1 amide bonds. The Labute approximate surface area is 148 Å². The molecule has 0 radical (unpaired) electrons. The van der Waals surface area contributed by atoms with Crippen LogP contribution in [0.1, 0.15) is 56.3 Å². The maximum absolute atomic E-state index is 12.5. The summed E-state index contributed by atoms with van der Waals surface area (Å²) in [5.74, 6) is -1.47. The fourth-order valence-electron chi connectivity index (χ4n) is 3.12. The average Bonchev–Trinajstić information content (AvgIpc) is 3.09. The molecule has 0 saturated heterocycles. The van der Waals surface area contributed by atoms with E-state index in [2.05, 4.69) is 5.32 Å². The number of hydrogen-bond donors (Lipinski definition) is 2. The Bertz CT molecular complexity index is 718. The van der Waals surface area contributed by atoms with Gasteiger partial charge in [-0.3, -0.25) is 4.79 Å². The van der Waals surface area contributed by atoms with Crippen LogP contribution in [0.3, 0.4) is 0 Å². The van der Waals surface area contributed by atoms with Gasteiger partial charge in [0, 0.05) is 5.56 Å². The van der Waals surface area contributed by atoms with Gasteiger partial charge in [-0.2, -0.15) is 0 Å². The Morgan fingerprint density at radius 3 is 2.20 bits per heavy atom. The van der Waals surface area contributed by atoms with Gasteiger partial charge in [-0.1, -0.05) is 26.7 Å². The summed E-state index contributed by atoms with van der Waals surface area (Å²) in [4.78, 5) is 23.7. The molecule has 0 unspecified atom stereocenters. The Hall–Kier alpha value is -1.89. The van der Waals surface area contributed by atoms with Crippen molar-refractivity contribution in [3.63, 3.8) is 0 Å². The summed E-state index contributed by atoms with van der Waals surface area (Å²) in [5, 5.41) is 11.3. The van der Waals surface area contributed by atoms with E-state index in [0.717, 1.165) is 12.8 Å². The van der Waals surface area contributed by atoms with Crippen LogP contribution in [0.2, 0.25) is 0 Å². The van der Waals surface area contributed by atoms with Gasteiger partial charge in [0.15, 0.2) is 9.84 Å². The highest BCUT2D eigenvalue weighted by atomic mass is 32.2. The van der Waals surface area contributed by atoms with E-state index >= 15 is 0 Å². The first-order chi connectivity index (χ1) is 11.7. The highest BCUT2D eigenvalue weighted by Gasteiger charge is 2.30. The first-order valence-corrected chi connectivity index (χ1v) is 10.1. The summed E-state index contributed by atoms with van der Waals surface area (Å²) in [6.07, 6.45) is 3.54. The molecule has 6 nitrogen and oxygen atoms in total. The third-order valence-corrected chi connectivity index (χ3v) is 6.77. The van der Waals surface area contributed by atoms with Gasteiger partial charge in [0.25, 0.3) is 5.91 Å². The molecule has 1 aromatic carbocycles. The summed E-state index contributed by atoms with van der Waals surface area (Å²) >= 11 is 0. The van der Waals surface area contributed by atoms with Gasteiger partial charge in [0.05, 0.1) is 10.1 Å². The number of benzene rings is 1. The van der Waals surface area contributed by atoms with Crippen LogP contribution in [-0.2, 0) is 14.6 Å². The fraction of sp³-hybridized carbons (Fsp3) is 0.556. The predicted molar refractivity (Wildman–Crippen MR) is 94.2 cm³/mol. The van der Waals surface area contributed by atoms with Crippen LogP contribution in [0.4, 0.5) is 0 Å². The summed E-state index contributed by atoms with van der Waals surface area (Å²) in [7, 11) is -3.36. The van der Waals surface area contributed by atoms with Crippen molar-refractivity contribution in [1.82, 2.24) is 5.32 Å². The van der Waals surface area contributed by atoms with E-state index < -0.39 is 27.8 Å². The number of carbonyl (C=O) groups excluding carboxylic acids is 1. The molecule has 0 heterocycles. The van der Waals surface area contributed by atoms with E-state index in [9.17, 15) is 23.1 Å². The molecule has 0 bridgehead atoms. The third kappa shape index (κ3) is 4.81. The van der Waals surface area contributed by atoms with Crippen LogP contribution in [-0.4, -0.2) is 36.7 Å². The minimum Gasteiger partial charge on any atom is -0.480 e. The molecule has 1 saturated carbocycles. The Balaban J connectivity index is 2.10. The lowest BCUT2D eigenvalue weighted by Crippen LogP contribution is -2.41. The van der Waals surface area contributed by atoms with Crippen molar-refractivity contribution < 1.29 is 23.1 Å². The molecule has 0 aliphatic heterocycles. The van der Waals surface area contributed by atoms with E-state index in [-0.39, 0.29) is 21.6 Å². The van der Waals surface area contributed by atoms with Gasteiger partial charge in [-0.25, -0.2) is 13.2 Å². The highest BCUT2D eigenvalue weighted by molar-refractivity contribution is 7.92. The molecule has 1 aromatic rings. The number of nitrogens with one attached hydrogen (secondary N) is 1. The number of amides is 1. The topological polar surface area (TPSA) is 101 Å². The van der Waals surface area contributed by atoms with Crippen LogP contribution in [0.25, 0.3) is 0 Å². The average molecular weight is 367 g/mol. The third-order valence-electron chi connectivity index (χ3n) is 4.50. The first kappa shape index (κ1) is 19.4.